The number of ether oxygens (including phenoxy) is 3. The lowest BCUT2D eigenvalue weighted by Crippen LogP contribution is -2.42. The lowest BCUT2D eigenvalue weighted by molar-refractivity contribution is 0.0742. The van der Waals surface area contributed by atoms with E-state index in [2.05, 4.69) is 143 Å². The van der Waals surface area contributed by atoms with Gasteiger partial charge in [-0.1, -0.05) is 107 Å². The summed E-state index contributed by atoms with van der Waals surface area (Å²) in [5.41, 5.74) is 16.3. The van der Waals surface area contributed by atoms with Gasteiger partial charge in [0, 0.05) is 10.8 Å². The lowest BCUT2D eigenvalue weighted by atomic mass is 9.66. The van der Waals surface area contributed by atoms with Crippen molar-refractivity contribution < 1.29 is 14.2 Å². The Kier molecular flexibility index (Phi) is 6.15. The van der Waals surface area contributed by atoms with Crippen LogP contribution < -0.4 is 9.47 Å². The highest BCUT2D eigenvalue weighted by atomic mass is 16.5. The quantitative estimate of drug-likeness (QED) is 0.198. The molecule has 3 nitrogen and oxygen atoms in total. The van der Waals surface area contributed by atoms with Crippen molar-refractivity contribution >= 4 is 11.1 Å². The van der Waals surface area contributed by atoms with Gasteiger partial charge < -0.3 is 14.2 Å². The second-order valence-corrected chi connectivity index (χ2v) is 14.8. The lowest BCUT2D eigenvalue weighted by Gasteiger charge is -2.44. The van der Waals surface area contributed by atoms with Crippen LogP contribution in [0.4, 0.5) is 0 Å². The predicted octanol–water partition coefficient (Wildman–Crippen LogP) is 9.89. The minimum atomic E-state index is -0.500. The van der Waals surface area contributed by atoms with Crippen molar-refractivity contribution in [3.8, 4) is 22.6 Å². The van der Waals surface area contributed by atoms with Gasteiger partial charge in [-0.3, -0.25) is 0 Å². The second kappa shape index (κ2) is 10.1. The number of methoxy groups -OCH3 is 2. The Morgan fingerprint density at radius 3 is 1.73 bits per heavy atom. The monoisotopic (exact) mass is 628 g/mol. The van der Waals surface area contributed by atoms with Gasteiger partial charge in [-0.05, 0) is 109 Å². The third-order valence-corrected chi connectivity index (χ3v) is 11.7. The molecule has 1 unspecified atom stereocenters. The zero-order valence-corrected chi connectivity index (χ0v) is 28.5. The van der Waals surface area contributed by atoms with Crippen molar-refractivity contribution in [3.05, 3.63) is 165 Å². The molecular weight excluding hydrogens is 588 g/mol. The molecule has 3 aliphatic carbocycles. The Morgan fingerprint density at radius 2 is 1.10 bits per heavy atom. The molecule has 5 aromatic rings. The number of fused-ring (bicyclic) bond motifs is 10. The van der Waals surface area contributed by atoms with E-state index >= 15 is 0 Å². The standard InChI is InChI=1S/C45H40O3/c1-43(2)37-14-10-9-12-32(37)34-23-39-35(24-38(34)43)40-33-13-8-7-11-31(33)36-25-45(27-15-19-29(46-5)20-16-27,28-17-21-30(47-6)22-18-28)26-48-42(36)41(40)44(39,3)4/h7-25,42H,26H2,1-6H3. The van der Waals surface area contributed by atoms with Crippen LogP contribution in [0.25, 0.3) is 22.3 Å². The molecule has 9 rings (SSSR count). The highest BCUT2D eigenvalue weighted by molar-refractivity contribution is 6.02. The van der Waals surface area contributed by atoms with Crippen LogP contribution in [0.3, 0.4) is 0 Å². The van der Waals surface area contributed by atoms with Crippen molar-refractivity contribution in [3.63, 3.8) is 0 Å². The molecular formula is C45H40O3. The molecule has 1 atom stereocenters. The summed E-state index contributed by atoms with van der Waals surface area (Å²) in [5, 5.41) is 0. The van der Waals surface area contributed by atoms with E-state index in [1.165, 1.54) is 72.4 Å². The van der Waals surface area contributed by atoms with Crippen molar-refractivity contribution in [1.82, 2.24) is 0 Å². The summed E-state index contributed by atoms with van der Waals surface area (Å²) in [6.45, 7) is 10.1. The van der Waals surface area contributed by atoms with Gasteiger partial charge in [0.05, 0.1) is 26.2 Å². The minimum Gasteiger partial charge on any atom is -0.497 e. The van der Waals surface area contributed by atoms with Gasteiger partial charge in [0.2, 0.25) is 0 Å². The van der Waals surface area contributed by atoms with E-state index in [4.69, 9.17) is 14.2 Å². The molecule has 0 bridgehead atoms. The fraction of sp³-hybridized carbons (Fsp3) is 0.244. The zero-order valence-electron chi connectivity index (χ0n) is 28.5. The molecule has 1 aliphatic heterocycles. The van der Waals surface area contributed by atoms with Gasteiger partial charge in [-0.15, -0.1) is 0 Å². The van der Waals surface area contributed by atoms with E-state index in [1.807, 2.05) is 0 Å². The van der Waals surface area contributed by atoms with E-state index in [0.29, 0.717) is 6.61 Å². The maximum absolute atomic E-state index is 7.27. The molecule has 0 saturated carbocycles. The first-order chi connectivity index (χ1) is 23.2. The summed E-state index contributed by atoms with van der Waals surface area (Å²) >= 11 is 0. The van der Waals surface area contributed by atoms with Crippen LogP contribution >= 0.6 is 0 Å². The maximum atomic E-state index is 7.27. The van der Waals surface area contributed by atoms with E-state index in [-0.39, 0.29) is 16.9 Å². The van der Waals surface area contributed by atoms with Crippen LogP contribution in [-0.4, -0.2) is 26.9 Å². The van der Waals surface area contributed by atoms with Crippen LogP contribution in [0.15, 0.2) is 121 Å². The molecule has 3 heteroatoms. The normalized spacial score (nSPS) is 20.0. The molecule has 1 heterocycles. The summed E-state index contributed by atoms with van der Waals surface area (Å²) in [7, 11) is 3.43. The van der Waals surface area contributed by atoms with Gasteiger partial charge in [0.15, 0.2) is 0 Å². The van der Waals surface area contributed by atoms with Gasteiger partial charge in [-0.2, -0.15) is 0 Å². The number of hydrogen-bond donors (Lipinski definition) is 0. The molecule has 5 aromatic carbocycles. The van der Waals surface area contributed by atoms with Crippen molar-refractivity contribution in [2.24, 2.45) is 0 Å². The van der Waals surface area contributed by atoms with Crippen LogP contribution in [0.2, 0.25) is 0 Å². The zero-order chi connectivity index (χ0) is 33.0. The van der Waals surface area contributed by atoms with Crippen LogP contribution in [0.5, 0.6) is 11.5 Å². The minimum absolute atomic E-state index is 0.0642. The number of hydrogen-bond acceptors (Lipinski definition) is 3. The summed E-state index contributed by atoms with van der Waals surface area (Å²) in [6.07, 6.45) is 2.35. The Balaban J connectivity index is 1.27. The SMILES string of the molecule is COc1ccc(C2(c3ccc(OC)cc3)C=C3c4ccccc4C4=C(C3OC2)C(C)(C)c2cc3c(cc24)C(C)(C)c2ccccc2-3)cc1. The summed E-state index contributed by atoms with van der Waals surface area (Å²) < 4.78 is 18.4. The van der Waals surface area contributed by atoms with Crippen molar-refractivity contribution in [2.75, 3.05) is 20.8 Å². The summed E-state index contributed by atoms with van der Waals surface area (Å²) in [5.74, 6) is 1.68. The Morgan fingerprint density at radius 1 is 0.562 bits per heavy atom. The largest absolute Gasteiger partial charge is 0.497 e. The number of rotatable bonds is 4. The molecule has 0 fully saturated rings. The van der Waals surface area contributed by atoms with Gasteiger partial charge >= 0.3 is 0 Å². The molecule has 0 radical (unpaired) electrons. The molecule has 0 amide bonds. The second-order valence-electron chi connectivity index (χ2n) is 14.8. The van der Waals surface area contributed by atoms with Crippen LogP contribution in [0.1, 0.15) is 72.2 Å². The molecule has 48 heavy (non-hydrogen) atoms. The topological polar surface area (TPSA) is 27.7 Å². The smallest absolute Gasteiger partial charge is 0.118 e. The van der Waals surface area contributed by atoms with E-state index < -0.39 is 5.41 Å². The average molecular weight is 629 g/mol. The highest BCUT2D eigenvalue weighted by Crippen LogP contribution is 2.61. The molecule has 4 aliphatic rings. The van der Waals surface area contributed by atoms with Gasteiger partial charge in [-0.25, -0.2) is 0 Å². The molecule has 0 aromatic heterocycles. The van der Waals surface area contributed by atoms with Crippen LogP contribution in [0, 0.1) is 0 Å². The van der Waals surface area contributed by atoms with E-state index in [0.717, 1.165) is 11.5 Å². The molecule has 0 N–H and O–H groups in total. The summed E-state index contributed by atoms with van der Waals surface area (Å²) in [4.78, 5) is 0. The van der Waals surface area contributed by atoms with Crippen LogP contribution in [-0.2, 0) is 21.0 Å². The fourth-order valence-electron chi connectivity index (χ4n) is 9.20. The average Bonchev–Trinajstić information content (AvgIpc) is 3.50. The Bertz CT molecular complexity index is 2150. The van der Waals surface area contributed by atoms with Gasteiger partial charge in [0.1, 0.15) is 17.6 Å². The third kappa shape index (κ3) is 3.80. The first kappa shape index (κ1) is 29.3. The Labute approximate surface area is 283 Å². The first-order valence-corrected chi connectivity index (χ1v) is 17.0. The molecule has 0 spiro atoms. The first-order valence-electron chi connectivity index (χ1n) is 17.0. The van der Waals surface area contributed by atoms with E-state index in [1.54, 1.807) is 14.2 Å². The third-order valence-electron chi connectivity index (χ3n) is 11.7. The maximum Gasteiger partial charge on any atom is 0.118 e. The fourth-order valence-corrected chi connectivity index (χ4v) is 9.20. The summed E-state index contributed by atoms with van der Waals surface area (Å²) in [6, 6.07) is 39.9. The molecule has 238 valence electrons. The predicted molar refractivity (Wildman–Crippen MR) is 194 cm³/mol. The van der Waals surface area contributed by atoms with Crippen molar-refractivity contribution in [2.45, 2.75) is 50.0 Å². The van der Waals surface area contributed by atoms with Crippen molar-refractivity contribution in [1.29, 1.82) is 0 Å². The number of benzene rings is 5. The van der Waals surface area contributed by atoms with E-state index in [9.17, 15) is 0 Å². The Hall–Kier alpha value is -4.86. The van der Waals surface area contributed by atoms with Gasteiger partial charge in [0.25, 0.3) is 0 Å². The molecule has 0 saturated heterocycles. The highest BCUT2D eigenvalue weighted by Gasteiger charge is 2.51.